The number of aryl methyl sites for hydroxylation is 2. The third-order valence-corrected chi connectivity index (χ3v) is 5.53. The molecular formula is C16H19NO2S. The van der Waals surface area contributed by atoms with Gasteiger partial charge in [-0.2, -0.15) is 0 Å². The number of hydrogen-bond donors (Lipinski definition) is 1. The van der Waals surface area contributed by atoms with Crippen LogP contribution in [0.3, 0.4) is 0 Å². The van der Waals surface area contributed by atoms with Crippen LogP contribution in [0.25, 0.3) is 0 Å². The van der Waals surface area contributed by atoms with Gasteiger partial charge in [-0.15, -0.1) is 0 Å². The predicted octanol–water partition coefficient (Wildman–Crippen LogP) is 2.78. The van der Waals surface area contributed by atoms with Crippen LogP contribution in [0.2, 0.25) is 0 Å². The number of nitrogens with two attached hydrogens (primary N) is 1. The SMILES string of the molecule is Cc1ccc([C@@H](CN)S(=O)(=O)c2ccc(C)cc2)cc1. The van der Waals surface area contributed by atoms with Gasteiger partial charge in [-0.1, -0.05) is 47.5 Å². The molecular weight excluding hydrogens is 270 g/mol. The van der Waals surface area contributed by atoms with E-state index in [2.05, 4.69) is 0 Å². The van der Waals surface area contributed by atoms with Gasteiger partial charge in [-0.25, -0.2) is 8.42 Å². The Morgan fingerprint density at radius 1 is 0.900 bits per heavy atom. The van der Waals surface area contributed by atoms with Crippen molar-refractivity contribution >= 4 is 9.84 Å². The number of hydrogen-bond acceptors (Lipinski definition) is 3. The lowest BCUT2D eigenvalue weighted by Gasteiger charge is -2.16. The lowest BCUT2D eigenvalue weighted by Crippen LogP contribution is -2.22. The van der Waals surface area contributed by atoms with Gasteiger partial charge in [0.25, 0.3) is 0 Å². The summed E-state index contributed by atoms with van der Waals surface area (Å²) >= 11 is 0. The van der Waals surface area contributed by atoms with Crippen molar-refractivity contribution in [3.05, 3.63) is 65.2 Å². The Balaban J connectivity index is 2.44. The maximum atomic E-state index is 12.7. The second-order valence-electron chi connectivity index (χ2n) is 4.99. The first-order valence-electron chi connectivity index (χ1n) is 6.52. The average molecular weight is 289 g/mol. The highest BCUT2D eigenvalue weighted by Crippen LogP contribution is 2.28. The quantitative estimate of drug-likeness (QED) is 0.941. The van der Waals surface area contributed by atoms with Gasteiger partial charge >= 0.3 is 0 Å². The molecule has 2 rings (SSSR count). The molecule has 0 radical (unpaired) electrons. The molecule has 0 aliphatic rings. The minimum Gasteiger partial charge on any atom is -0.329 e. The fraction of sp³-hybridized carbons (Fsp3) is 0.250. The van der Waals surface area contributed by atoms with E-state index in [0.29, 0.717) is 4.90 Å². The second-order valence-corrected chi connectivity index (χ2v) is 7.12. The van der Waals surface area contributed by atoms with Gasteiger partial charge < -0.3 is 5.73 Å². The van der Waals surface area contributed by atoms with Crippen molar-refractivity contribution in [2.24, 2.45) is 5.73 Å². The Morgan fingerprint density at radius 3 is 1.80 bits per heavy atom. The standard InChI is InChI=1S/C16H19NO2S/c1-12-3-7-14(8-4-12)16(11-17)20(18,19)15-9-5-13(2)6-10-15/h3-10,16H,11,17H2,1-2H3/t16-/m1/s1. The summed E-state index contributed by atoms with van der Waals surface area (Å²) in [6, 6.07) is 14.4. The molecule has 0 fully saturated rings. The van der Waals surface area contributed by atoms with Crippen molar-refractivity contribution in [3.8, 4) is 0 Å². The zero-order chi connectivity index (χ0) is 14.8. The highest BCUT2D eigenvalue weighted by atomic mass is 32.2. The topological polar surface area (TPSA) is 60.2 Å². The lowest BCUT2D eigenvalue weighted by molar-refractivity contribution is 0.582. The molecule has 2 N–H and O–H groups in total. The van der Waals surface area contributed by atoms with Crippen LogP contribution < -0.4 is 5.73 Å². The summed E-state index contributed by atoms with van der Waals surface area (Å²) in [6.07, 6.45) is 0. The maximum Gasteiger partial charge on any atom is 0.186 e. The summed E-state index contributed by atoms with van der Waals surface area (Å²) in [4.78, 5) is 0.319. The second kappa shape index (κ2) is 5.77. The smallest absolute Gasteiger partial charge is 0.186 e. The molecule has 0 aliphatic heterocycles. The zero-order valence-electron chi connectivity index (χ0n) is 11.7. The summed E-state index contributed by atoms with van der Waals surface area (Å²) in [5, 5.41) is -0.703. The van der Waals surface area contributed by atoms with Crippen molar-refractivity contribution < 1.29 is 8.42 Å². The molecule has 0 amide bonds. The monoisotopic (exact) mass is 289 g/mol. The predicted molar refractivity (Wildman–Crippen MR) is 81.3 cm³/mol. The van der Waals surface area contributed by atoms with Crippen LogP contribution in [-0.4, -0.2) is 15.0 Å². The highest BCUT2D eigenvalue weighted by molar-refractivity contribution is 7.91. The van der Waals surface area contributed by atoms with Crippen LogP contribution in [0, 0.1) is 13.8 Å². The summed E-state index contributed by atoms with van der Waals surface area (Å²) in [5.74, 6) is 0. The molecule has 20 heavy (non-hydrogen) atoms. The Hall–Kier alpha value is -1.65. The van der Waals surface area contributed by atoms with Crippen LogP contribution in [0.4, 0.5) is 0 Å². The van der Waals surface area contributed by atoms with E-state index >= 15 is 0 Å². The average Bonchev–Trinajstić information content (AvgIpc) is 2.42. The van der Waals surface area contributed by atoms with Crippen molar-refractivity contribution in [3.63, 3.8) is 0 Å². The largest absolute Gasteiger partial charge is 0.329 e. The molecule has 0 unspecified atom stereocenters. The first-order chi connectivity index (χ1) is 9.45. The normalized spacial score (nSPS) is 13.2. The van der Waals surface area contributed by atoms with Gasteiger partial charge in [0.1, 0.15) is 5.25 Å². The molecule has 0 bridgehead atoms. The van der Waals surface area contributed by atoms with Gasteiger partial charge in [0.15, 0.2) is 9.84 Å². The van der Waals surface area contributed by atoms with E-state index in [-0.39, 0.29) is 6.54 Å². The van der Waals surface area contributed by atoms with Crippen molar-refractivity contribution in [2.75, 3.05) is 6.54 Å². The van der Waals surface area contributed by atoms with Gasteiger partial charge in [-0.05, 0) is 31.5 Å². The molecule has 0 aromatic heterocycles. The van der Waals surface area contributed by atoms with Crippen LogP contribution in [0.15, 0.2) is 53.4 Å². The Kier molecular flexibility index (Phi) is 4.26. The Labute approximate surface area is 120 Å². The van der Waals surface area contributed by atoms with E-state index in [1.807, 2.05) is 38.1 Å². The molecule has 2 aromatic rings. The fourth-order valence-corrected chi connectivity index (χ4v) is 3.73. The Bertz CT molecular complexity index is 673. The number of sulfone groups is 1. The van der Waals surface area contributed by atoms with Crippen molar-refractivity contribution in [1.82, 2.24) is 0 Å². The maximum absolute atomic E-state index is 12.7. The molecule has 0 aliphatic carbocycles. The summed E-state index contributed by atoms with van der Waals surface area (Å²) in [6.45, 7) is 3.96. The van der Waals surface area contributed by atoms with E-state index in [4.69, 9.17) is 5.73 Å². The third-order valence-electron chi connectivity index (χ3n) is 3.39. The van der Waals surface area contributed by atoms with E-state index in [9.17, 15) is 8.42 Å². The fourth-order valence-electron chi connectivity index (χ4n) is 2.12. The molecule has 0 heterocycles. The van der Waals surface area contributed by atoms with E-state index in [1.165, 1.54) is 0 Å². The summed E-state index contributed by atoms with van der Waals surface area (Å²) in [7, 11) is -3.46. The minimum atomic E-state index is -3.46. The molecule has 0 saturated carbocycles. The molecule has 1 atom stereocenters. The molecule has 3 nitrogen and oxygen atoms in total. The van der Waals surface area contributed by atoms with E-state index in [1.54, 1.807) is 24.3 Å². The minimum absolute atomic E-state index is 0.0687. The van der Waals surface area contributed by atoms with Crippen LogP contribution in [-0.2, 0) is 9.84 Å². The Morgan fingerprint density at radius 2 is 1.35 bits per heavy atom. The summed E-state index contributed by atoms with van der Waals surface area (Å²) in [5.41, 5.74) is 8.58. The number of rotatable bonds is 4. The van der Waals surface area contributed by atoms with Crippen LogP contribution >= 0.6 is 0 Å². The molecule has 0 saturated heterocycles. The molecule has 106 valence electrons. The van der Waals surface area contributed by atoms with Crippen LogP contribution in [0.1, 0.15) is 21.9 Å². The van der Waals surface area contributed by atoms with Gasteiger partial charge in [0, 0.05) is 6.54 Å². The lowest BCUT2D eigenvalue weighted by atomic mass is 10.1. The first-order valence-corrected chi connectivity index (χ1v) is 8.07. The highest BCUT2D eigenvalue weighted by Gasteiger charge is 2.27. The zero-order valence-corrected chi connectivity index (χ0v) is 12.5. The van der Waals surface area contributed by atoms with E-state index < -0.39 is 15.1 Å². The van der Waals surface area contributed by atoms with Crippen molar-refractivity contribution in [2.45, 2.75) is 24.0 Å². The van der Waals surface area contributed by atoms with Gasteiger partial charge in [0.2, 0.25) is 0 Å². The molecule has 4 heteroatoms. The number of benzene rings is 2. The molecule has 0 spiro atoms. The first kappa shape index (κ1) is 14.8. The van der Waals surface area contributed by atoms with Gasteiger partial charge in [0.05, 0.1) is 4.90 Å². The van der Waals surface area contributed by atoms with E-state index in [0.717, 1.165) is 16.7 Å². The third kappa shape index (κ3) is 2.92. The summed E-state index contributed by atoms with van der Waals surface area (Å²) < 4.78 is 25.4. The van der Waals surface area contributed by atoms with Crippen molar-refractivity contribution in [1.29, 1.82) is 0 Å². The van der Waals surface area contributed by atoms with Gasteiger partial charge in [-0.3, -0.25) is 0 Å². The van der Waals surface area contributed by atoms with Crippen LogP contribution in [0.5, 0.6) is 0 Å². The molecule has 2 aromatic carbocycles.